The number of unbranched alkanes of at least 4 members (excludes halogenated alkanes) is 5. The summed E-state index contributed by atoms with van der Waals surface area (Å²) in [5.74, 6) is 0.339. The minimum atomic E-state index is -0.114. The number of hydrogen-bond acceptors (Lipinski definition) is 3. The summed E-state index contributed by atoms with van der Waals surface area (Å²) in [7, 11) is 1.43. The zero-order valence-electron chi connectivity index (χ0n) is 13.8. The van der Waals surface area contributed by atoms with E-state index in [1.165, 1.54) is 13.5 Å². The van der Waals surface area contributed by atoms with Gasteiger partial charge < -0.3 is 4.74 Å². The van der Waals surface area contributed by atoms with Gasteiger partial charge >= 0.3 is 5.97 Å². The summed E-state index contributed by atoms with van der Waals surface area (Å²) in [4.78, 5) is 22.6. The number of ketones is 1. The van der Waals surface area contributed by atoms with Crippen molar-refractivity contribution in [3.63, 3.8) is 0 Å². The fourth-order valence-corrected chi connectivity index (χ4v) is 2.58. The van der Waals surface area contributed by atoms with Gasteiger partial charge in [0.2, 0.25) is 0 Å². The minimum Gasteiger partial charge on any atom is -0.469 e. The van der Waals surface area contributed by atoms with E-state index in [0.717, 1.165) is 44.1 Å². The van der Waals surface area contributed by atoms with Crippen molar-refractivity contribution in [1.29, 1.82) is 0 Å². The van der Waals surface area contributed by atoms with E-state index in [0.29, 0.717) is 12.3 Å². The molecule has 0 aromatic carbocycles. The second-order valence-electron chi connectivity index (χ2n) is 5.67. The molecule has 0 fully saturated rings. The Bertz CT molecular complexity index is 444. The number of carbonyl (C=O) groups is 2. The lowest BCUT2D eigenvalue weighted by atomic mass is 9.99. The molecule has 0 amide bonds. The Morgan fingerprint density at radius 2 is 1.95 bits per heavy atom. The van der Waals surface area contributed by atoms with Crippen LogP contribution >= 0.6 is 0 Å². The highest BCUT2D eigenvalue weighted by Gasteiger charge is 2.20. The highest BCUT2D eigenvalue weighted by atomic mass is 16.5. The average molecular weight is 304 g/mol. The second kappa shape index (κ2) is 11.0. The van der Waals surface area contributed by atoms with Crippen molar-refractivity contribution in [3.05, 3.63) is 36.0 Å². The number of ether oxygens (including phenoxy) is 1. The van der Waals surface area contributed by atoms with Crippen LogP contribution in [0.3, 0.4) is 0 Å². The number of rotatable bonds is 10. The smallest absolute Gasteiger partial charge is 0.305 e. The van der Waals surface area contributed by atoms with Crippen molar-refractivity contribution in [1.82, 2.24) is 0 Å². The lowest BCUT2D eigenvalue weighted by Gasteiger charge is -2.04. The third-order valence-electron chi connectivity index (χ3n) is 3.99. The lowest BCUT2D eigenvalue weighted by molar-refractivity contribution is -0.140. The van der Waals surface area contributed by atoms with Crippen LogP contribution in [0.4, 0.5) is 0 Å². The third-order valence-corrected chi connectivity index (χ3v) is 3.99. The monoisotopic (exact) mass is 304 g/mol. The predicted octanol–water partition coefficient (Wildman–Crippen LogP) is 4.54. The highest BCUT2D eigenvalue weighted by molar-refractivity contribution is 6.07. The number of hydrogen-bond donors (Lipinski definition) is 0. The Kier molecular flexibility index (Phi) is 9.20. The molecule has 1 atom stereocenters. The molecule has 1 aliphatic rings. The van der Waals surface area contributed by atoms with Crippen LogP contribution in [-0.2, 0) is 14.3 Å². The summed E-state index contributed by atoms with van der Waals surface area (Å²) in [6.07, 6.45) is 17.8. The quantitative estimate of drug-likeness (QED) is 0.338. The Morgan fingerprint density at radius 3 is 2.68 bits per heavy atom. The molecule has 22 heavy (non-hydrogen) atoms. The topological polar surface area (TPSA) is 43.4 Å². The summed E-state index contributed by atoms with van der Waals surface area (Å²) >= 11 is 0. The highest BCUT2D eigenvalue weighted by Crippen LogP contribution is 2.24. The van der Waals surface area contributed by atoms with Gasteiger partial charge in [0.05, 0.1) is 7.11 Å². The molecule has 0 aromatic heterocycles. The summed E-state index contributed by atoms with van der Waals surface area (Å²) in [6, 6.07) is 0. The summed E-state index contributed by atoms with van der Waals surface area (Å²) < 4.78 is 4.61. The summed E-state index contributed by atoms with van der Waals surface area (Å²) in [5, 5.41) is 0. The first-order valence-corrected chi connectivity index (χ1v) is 8.35. The number of allylic oxidation sites excluding steroid dienone is 6. The van der Waals surface area contributed by atoms with Crippen LogP contribution in [0.25, 0.3) is 0 Å². The molecular weight excluding hydrogens is 276 g/mol. The van der Waals surface area contributed by atoms with Crippen LogP contribution in [0.2, 0.25) is 0 Å². The first-order chi connectivity index (χ1) is 10.7. The number of methoxy groups -OCH3 is 1. The zero-order chi connectivity index (χ0) is 16.2. The van der Waals surface area contributed by atoms with Crippen LogP contribution in [0.5, 0.6) is 0 Å². The van der Waals surface area contributed by atoms with Crippen molar-refractivity contribution in [3.8, 4) is 0 Å². The lowest BCUT2D eigenvalue weighted by Crippen LogP contribution is -2.00. The second-order valence-corrected chi connectivity index (χ2v) is 5.67. The molecule has 0 unspecified atom stereocenters. The summed E-state index contributed by atoms with van der Waals surface area (Å²) in [5.41, 5.74) is 0.918. The maximum Gasteiger partial charge on any atom is 0.305 e. The van der Waals surface area contributed by atoms with Gasteiger partial charge in [0.15, 0.2) is 5.78 Å². The van der Waals surface area contributed by atoms with E-state index in [-0.39, 0.29) is 11.8 Å². The molecule has 0 heterocycles. The Balaban J connectivity index is 2.07. The molecule has 0 N–H and O–H groups in total. The molecule has 0 saturated heterocycles. The number of esters is 1. The predicted molar refractivity (Wildman–Crippen MR) is 89.5 cm³/mol. The molecular formula is C19H28O3. The van der Waals surface area contributed by atoms with E-state index >= 15 is 0 Å². The van der Waals surface area contributed by atoms with Gasteiger partial charge in [-0.05, 0) is 31.8 Å². The van der Waals surface area contributed by atoms with E-state index in [1.807, 2.05) is 18.2 Å². The van der Waals surface area contributed by atoms with Gasteiger partial charge in [-0.1, -0.05) is 50.5 Å². The molecule has 0 aliphatic heterocycles. The van der Waals surface area contributed by atoms with Gasteiger partial charge in [0.1, 0.15) is 0 Å². The van der Waals surface area contributed by atoms with Gasteiger partial charge in [-0.25, -0.2) is 0 Å². The van der Waals surface area contributed by atoms with E-state index in [9.17, 15) is 9.59 Å². The summed E-state index contributed by atoms with van der Waals surface area (Å²) in [6.45, 7) is 2.10. The Hall–Kier alpha value is -1.64. The molecule has 1 aliphatic carbocycles. The molecule has 0 saturated carbocycles. The minimum absolute atomic E-state index is 0.114. The SMILES string of the molecule is CC[C@H]1C=CC(=O)/C1=C/C=C\CCCCCCCC(=O)OC. The van der Waals surface area contributed by atoms with Crippen molar-refractivity contribution >= 4 is 11.8 Å². The molecule has 3 nitrogen and oxygen atoms in total. The molecule has 0 bridgehead atoms. The molecule has 0 spiro atoms. The molecule has 122 valence electrons. The van der Waals surface area contributed by atoms with E-state index in [4.69, 9.17) is 0 Å². The molecule has 0 aromatic rings. The van der Waals surface area contributed by atoms with Crippen molar-refractivity contribution in [2.75, 3.05) is 7.11 Å². The van der Waals surface area contributed by atoms with Crippen LogP contribution in [0.1, 0.15) is 58.3 Å². The maximum absolute atomic E-state index is 11.7. The standard InChI is InChI=1S/C19H28O3/c1-3-16-14-15-18(20)17(16)12-10-8-6-4-5-7-9-11-13-19(21)22-2/h8,10,12,14-16H,3-7,9,11,13H2,1-2H3/b10-8-,17-12+/t16-/m0/s1. The molecule has 0 radical (unpaired) electrons. The average Bonchev–Trinajstić information content (AvgIpc) is 2.89. The van der Waals surface area contributed by atoms with Crippen LogP contribution in [-0.4, -0.2) is 18.9 Å². The van der Waals surface area contributed by atoms with Gasteiger partial charge in [-0.2, -0.15) is 0 Å². The first-order valence-electron chi connectivity index (χ1n) is 8.35. The van der Waals surface area contributed by atoms with E-state index in [1.54, 1.807) is 6.08 Å². The molecule has 3 heteroatoms. The van der Waals surface area contributed by atoms with Crippen molar-refractivity contribution in [2.24, 2.45) is 5.92 Å². The van der Waals surface area contributed by atoms with Crippen LogP contribution in [0, 0.1) is 5.92 Å². The van der Waals surface area contributed by atoms with Crippen LogP contribution in [0.15, 0.2) is 36.0 Å². The first kappa shape index (κ1) is 18.4. The van der Waals surface area contributed by atoms with E-state index in [2.05, 4.69) is 17.7 Å². The largest absolute Gasteiger partial charge is 0.469 e. The fraction of sp³-hybridized carbons (Fsp3) is 0.579. The molecule has 1 rings (SSSR count). The van der Waals surface area contributed by atoms with Crippen LogP contribution < -0.4 is 0 Å². The normalized spacial score (nSPS) is 19.5. The Morgan fingerprint density at radius 1 is 1.23 bits per heavy atom. The fourth-order valence-electron chi connectivity index (χ4n) is 2.58. The van der Waals surface area contributed by atoms with Gasteiger partial charge in [-0.15, -0.1) is 0 Å². The van der Waals surface area contributed by atoms with Crippen molar-refractivity contribution in [2.45, 2.75) is 58.3 Å². The van der Waals surface area contributed by atoms with E-state index < -0.39 is 0 Å². The van der Waals surface area contributed by atoms with Gasteiger partial charge in [0, 0.05) is 17.9 Å². The number of carbonyl (C=O) groups excluding carboxylic acids is 2. The Labute approximate surface area is 134 Å². The van der Waals surface area contributed by atoms with Gasteiger partial charge in [-0.3, -0.25) is 9.59 Å². The maximum atomic E-state index is 11.7. The van der Waals surface area contributed by atoms with Gasteiger partial charge in [0.25, 0.3) is 0 Å². The zero-order valence-corrected chi connectivity index (χ0v) is 13.8. The van der Waals surface area contributed by atoms with Crippen molar-refractivity contribution < 1.29 is 14.3 Å². The third kappa shape index (κ3) is 6.88.